The van der Waals surface area contributed by atoms with Gasteiger partial charge in [-0.2, -0.15) is 0 Å². The standard InChI is InChI=1S/C4H5N.Na.H/c1-2-4-5-3-1;;/h1,3-4H,2H2;;. The van der Waals surface area contributed by atoms with Gasteiger partial charge < -0.3 is 0 Å². The molecular weight excluding hydrogens is 85.0 g/mol. The van der Waals surface area contributed by atoms with Gasteiger partial charge in [-0.25, -0.2) is 0 Å². The van der Waals surface area contributed by atoms with Crippen molar-refractivity contribution in [3.8, 4) is 0 Å². The van der Waals surface area contributed by atoms with Crippen molar-refractivity contribution >= 4 is 35.8 Å². The molecule has 2 heteroatoms. The van der Waals surface area contributed by atoms with E-state index < -0.39 is 0 Å². The molecule has 1 rings (SSSR count). The maximum absolute atomic E-state index is 3.78. The van der Waals surface area contributed by atoms with Crippen molar-refractivity contribution in [1.82, 2.24) is 0 Å². The van der Waals surface area contributed by atoms with Crippen molar-refractivity contribution in [2.24, 2.45) is 4.99 Å². The van der Waals surface area contributed by atoms with Crippen molar-refractivity contribution in [1.29, 1.82) is 0 Å². The van der Waals surface area contributed by atoms with Gasteiger partial charge in [0.25, 0.3) is 0 Å². The Bertz CT molecular complexity index is 65.6. The zero-order valence-corrected chi connectivity index (χ0v) is 2.89. The first kappa shape index (κ1) is 6.41. The third-order valence-corrected chi connectivity index (χ3v) is 0.538. The molecule has 28 valence electrons. The van der Waals surface area contributed by atoms with E-state index in [1.165, 1.54) is 0 Å². The topological polar surface area (TPSA) is 12.4 Å². The van der Waals surface area contributed by atoms with Crippen LogP contribution in [-0.2, 0) is 0 Å². The molecule has 6 heavy (non-hydrogen) atoms. The first-order valence-electron chi connectivity index (χ1n) is 1.67. The van der Waals surface area contributed by atoms with Gasteiger partial charge in [0.2, 0.25) is 0 Å². The Morgan fingerprint density at radius 2 is 2.33 bits per heavy atom. The number of hydrogen-bond donors (Lipinski definition) is 0. The first-order chi connectivity index (χ1) is 2.50. The zero-order chi connectivity index (χ0) is 3.54. The van der Waals surface area contributed by atoms with Crippen molar-refractivity contribution in [3.05, 3.63) is 12.3 Å². The summed E-state index contributed by atoms with van der Waals surface area (Å²) >= 11 is 0. The van der Waals surface area contributed by atoms with Gasteiger partial charge in [-0.15, -0.1) is 0 Å². The van der Waals surface area contributed by atoms with E-state index >= 15 is 0 Å². The minimum absolute atomic E-state index is 0. The second-order valence-corrected chi connectivity index (χ2v) is 0.952. The second-order valence-electron chi connectivity index (χ2n) is 0.952. The molecule has 0 atom stereocenters. The molecule has 1 nitrogen and oxygen atoms in total. The maximum atomic E-state index is 3.78. The zero-order valence-electron chi connectivity index (χ0n) is 2.89. The Labute approximate surface area is 59.4 Å². The van der Waals surface area contributed by atoms with Crippen LogP contribution in [0.1, 0.15) is 6.42 Å². The molecule has 0 radical (unpaired) electrons. The number of hydrogen-bond acceptors (Lipinski definition) is 1. The number of nitrogens with zero attached hydrogens (tertiary/aromatic N) is 1. The molecule has 0 saturated carbocycles. The van der Waals surface area contributed by atoms with Crippen molar-refractivity contribution < 1.29 is 0 Å². The normalized spacial score (nSPS) is 14.7. The average Bonchev–Trinajstić information content (AvgIpc) is 1.76. The quantitative estimate of drug-likeness (QED) is 0.381. The predicted molar refractivity (Wildman–Crippen MR) is 29.4 cm³/mol. The molecule has 0 aromatic rings. The average molecular weight is 91.1 g/mol. The van der Waals surface area contributed by atoms with Gasteiger partial charge in [-0.1, -0.05) is 6.08 Å². The molecule has 0 saturated heterocycles. The molecule has 0 amide bonds. The Morgan fingerprint density at radius 1 is 1.50 bits per heavy atom. The van der Waals surface area contributed by atoms with Gasteiger partial charge in [0.05, 0.1) is 0 Å². The van der Waals surface area contributed by atoms with Crippen LogP contribution in [0.4, 0.5) is 0 Å². The summed E-state index contributed by atoms with van der Waals surface area (Å²) in [6, 6.07) is 0. The molecule has 0 aromatic heterocycles. The van der Waals surface area contributed by atoms with E-state index in [1.54, 1.807) is 6.20 Å². The van der Waals surface area contributed by atoms with Crippen LogP contribution in [0.2, 0.25) is 0 Å². The number of allylic oxidation sites excluding steroid dienone is 1. The minimum atomic E-state index is 0. The Hall–Kier alpha value is 0.410. The SMILES string of the molecule is C1=CN=CC1.[NaH]. The van der Waals surface area contributed by atoms with Crippen molar-refractivity contribution in [2.45, 2.75) is 6.42 Å². The molecule has 1 heterocycles. The Morgan fingerprint density at radius 3 is 2.50 bits per heavy atom. The van der Waals surface area contributed by atoms with Crippen LogP contribution in [0.5, 0.6) is 0 Å². The fourth-order valence-corrected chi connectivity index (χ4v) is 0.304. The van der Waals surface area contributed by atoms with E-state index in [0.29, 0.717) is 0 Å². The summed E-state index contributed by atoms with van der Waals surface area (Å²) in [5.74, 6) is 0. The van der Waals surface area contributed by atoms with Crippen LogP contribution in [0.15, 0.2) is 17.3 Å². The molecule has 0 spiro atoms. The van der Waals surface area contributed by atoms with Crippen molar-refractivity contribution in [3.63, 3.8) is 0 Å². The summed E-state index contributed by atoms with van der Waals surface area (Å²) in [5.41, 5.74) is 0. The Kier molecular flexibility index (Phi) is 3.84. The summed E-state index contributed by atoms with van der Waals surface area (Å²) in [6.45, 7) is 0. The van der Waals surface area contributed by atoms with Gasteiger partial charge in [0.1, 0.15) is 0 Å². The van der Waals surface area contributed by atoms with E-state index in [1.807, 2.05) is 12.3 Å². The first-order valence-corrected chi connectivity index (χ1v) is 1.67. The second kappa shape index (κ2) is 3.59. The third kappa shape index (κ3) is 1.75. The molecule has 0 aromatic carbocycles. The van der Waals surface area contributed by atoms with E-state index in [0.717, 1.165) is 6.42 Å². The molecule has 0 N–H and O–H groups in total. The van der Waals surface area contributed by atoms with Crippen LogP contribution < -0.4 is 0 Å². The van der Waals surface area contributed by atoms with E-state index in [9.17, 15) is 0 Å². The predicted octanol–water partition coefficient (Wildman–Crippen LogP) is 0.326. The molecular formula is C4H6NNa. The monoisotopic (exact) mass is 91.0 g/mol. The summed E-state index contributed by atoms with van der Waals surface area (Å²) in [7, 11) is 0. The van der Waals surface area contributed by atoms with Gasteiger partial charge in [-0.05, 0) is 0 Å². The van der Waals surface area contributed by atoms with Crippen molar-refractivity contribution in [2.75, 3.05) is 0 Å². The van der Waals surface area contributed by atoms with E-state index in [-0.39, 0.29) is 29.6 Å². The van der Waals surface area contributed by atoms with Crippen LogP contribution in [0.3, 0.4) is 0 Å². The molecule has 1 aliphatic heterocycles. The summed E-state index contributed by atoms with van der Waals surface area (Å²) in [5, 5.41) is 0. The van der Waals surface area contributed by atoms with Gasteiger partial charge >= 0.3 is 29.6 Å². The van der Waals surface area contributed by atoms with Crippen LogP contribution in [0.25, 0.3) is 0 Å². The van der Waals surface area contributed by atoms with Crippen LogP contribution in [-0.4, -0.2) is 35.8 Å². The van der Waals surface area contributed by atoms with Gasteiger partial charge in [0.15, 0.2) is 0 Å². The third-order valence-electron chi connectivity index (χ3n) is 0.538. The van der Waals surface area contributed by atoms with E-state index in [2.05, 4.69) is 4.99 Å². The van der Waals surface area contributed by atoms with Gasteiger partial charge in [-0.3, -0.25) is 4.99 Å². The molecule has 0 fully saturated rings. The van der Waals surface area contributed by atoms with E-state index in [4.69, 9.17) is 0 Å². The van der Waals surface area contributed by atoms with Gasteiger partial charge in [0, 0.05) is 18.8 Å². The molecule has 0 unspecified atom stereocenters. The fourth-order valence-electron chi connectivity index (χ4n) is 0.304. The number of aliphatic imine (C=N–C) groups is 1. The number of rotatable bonds is 0. The summed E-state index contributed by atoms with van der Waals surface area (Å²) in [6.07, 6.45) is 6.72. The van der Waals surface area contributed by atoms with Crippen LogP contribution >= 0.6 is 0 Å². The molecule has 0 aliphatic carbocycles. The molecule has 0 bridgehead atoms. The van der Waals surface area contributed by atoms with Crippen LogP contribution in [0, 0.1) is 0 Å². The summed E-state index contributed by atoms with van der Waals surface area (Å²) < 4.78 is 0. The fraction of sp³-hybridized carbons (Fsp3) is 0.250. The molecule has 1 aliphatic rings. The summed E-state index contributed by atoms with van der Waals surface area (Å²) in [4.78, 5) is 3.78. The Balaban J connectivity index is 0.000000250.